The Balaban J connectivity index is 2.82. The molecule has 92 valence electrons. The molecule has 0 saturated carbocycles. The largest absolute Gasteiger partial charge is 0.481 e. The second-order valence-corrected chi connectivity index (χ2v) is 5.34. The maximum Gasteiger partial charge on any atom is 0.305 e. The number of amides is 1. The summed E-state index contributed by atoms with van der Waals surface area (Å²) in [6, 6.07) is -0.471. The maximum atomic E-state index is 12.1. The maximum absolute atomic E-state index is 12.1. The number of nitrogens with zero attached hydrogens (tertiary/aromatic N) is 1. The SMILES string of the molecule is CC1CN(C(C)(C)C)C(=O)C(CC(=O)O)N1. The van der Waals surface area contributed by atoms with E-state index < -0.39 is 12.0 Å². The van der Waals surface area contributed by atoms with E-state index in [1.807, 2.05) is 27.7 Å². The quantitative estimate of drug-likeness (QED) is 0.720. The van der Waals surface area contributed by atoms with Gasteiger partial charge in [0.1, 0.15) is 0 Å². The van der Waals surface area contributed by atoms with Gasteiger partial charge in [-0.2, -0.15) is 0 Å². The zero-order chi connectivity index (χ0) is 12.5. The second kappa shape index (κ2) is 4.41. The Morgan fingerprint density at radius 2 is 2.12 bits per heavy atom. The molecule has 2 atom stereocenters. The van der Waals surface area contributed by atoms with Crippen LogP contribution in [0.5, 0.6) is 0 Å². The van der Waals surface area contributed by atoms with Crippen molar-refractivity contribution >= 4 is 11.9 Å². The summed E-state index contributed by atoms with van der Waals surface area (Å²) in [6.45, 7) is 8.46. The van der Waals surface area contributed by atoms with Gasteiger partial charge in [-0.25, -0.2) is 0 Å². The first-order valence-electron chi connectivity index (χ1n) is 5.51. The van der Waals surface area contributed by atoms with Crippen molar-refractivity contribution in [3.63, 3.8) is 0 Å². The Labute approximate surface area is 95.8 Å². The molecule has 1 rings (SSSR count). The van der Waals surface area contributed by atoms with Gasteiger partial charge in [-0.05, 0) is 27.7 Å². The van der Waals surface area contributed by atoms with E-state index >= 15 is 0 Å². The van der Waals surface area contributed by atoms with Crippen molar-refractivity contribution in [2.75, 3.05) is 6.54 Å². The fourth-order valence-electron chi connectivity index (χ4n) is 1.94. The van der Waals surface area contributed by atoms with E-state index in [1.54, 1.807) is 4.90 Å². The molecule has 1 aliphatic rings. The average molecular weight is 228 g/mol. The predicted molar refractivity (Wildman–Crippen MR) is 60.1 cm³/mol. The van der Waals surface area contributed by atoms with E-state index in [1.165, 1.54) is 0 Å². The van der Waals surface area contributed by atoms with Crippen molar-refractivity contribution in [2.45, 2.75) is 51.7 Å². The van der Waals surface area contributed by atoms with Gasteiger partial charge in [-0.1, -0.05) is 0 Å². The smallest absolute Gasteiger partial charge is 0.305 e. The Kier molecular flexibility index (Phi) is 3.57. The number of hydrogen-bond donors (Lipinski definition) is 2. The standard InChI is InChI=1S/C11H20N2O3/c1-7-6-13(11(2,3)4)10(16)8(12-7)5-9(14)15/h7-8,12H,5-6H2,1-4H3,(H,14,15). The van der Waals surface area contributed by atoms with Crippen molar-refractivity contribution in [3.05, 3.63) is 0 Å². The number of aliphatic carboxylic acids is 1. The van der Waals surface area contributed by atoms with E-state index in [9.17, 15) is 9.59 Å². The van der Waals surface area contributed by atoms with Crippen LogP contribution in [-0.2, 0) is 9.59 Å². The molecule has 16 heavy (non-hydrogen) atoms. The van der Waals surface area contributed by atoms with Gasteiger partial charge in [-0.3, -0.25) is 9.59 Å². The third kappa shape index (κ3) is 2.95. The van der Waals surface area contributed by atoms with Gasteiger partial charge in [0, 0.05) is 18.1 Å². The van der Waals surface area contributed by atoms with Crippen LogP contribution in [0.4, 0.5) is 0 Å². The summed E-state index contributed by atoms with van der Waals surface area (Å²) in [4.78, 5) is 24.5. The Morgan fingerprint density at radius 3 is 2.56 bits per heavy atom. The van der Waals surface area contributed by atoms with Gasteiger partial charge < -0.3 is 15.3 Å². The molecule has 0 bridgehead atoms. The minimum absolute atomic E-state index is 0.118. The van der Waals surface area contributed by atoms with Gasteiger partial charge in [0.05, 0.1) is 12.5 Å². The minimum Gasteiger partial charge on any atom is -0.481 e. The number of carboxylic acids is 1. The van der Waals surface area contributed by atoms with Crippen molar-refractivity contribution in [2.24, 2.45) is 0 Å². The molecule has 2 unspecified atom stereocenters. The first kappa shape index (κ1) is 13.0. The molecule has 1 saturated heterocycles. The molecule has 0 spiro atoms. The Hall–Kier alpha value is -1.10. The molecule has 0 aromatic carbocycles. The van der Waals surface area contributed by atoms with Crippen LogP contribution in [-0.4, -0.2) is 46.1 Å². The lowest BCUT2D eigenvalue weighted by molar-refractivity contribution is -0.148. The average Bonchev–Trinajstić information content (AvgIpc) is 2.07. The highest BCUT2D eigenvalue weighted by Crippen LogP contribution is 2.19. The third-order valence-electron chi connectivity index (χ3n) is 2.69. The molecule has 2 N–H and O–H groups in total. The van der Waals surface area contributed by atoms with Gasteiger partial charge in [0.25, 0.3) is 0 Å². The number of nitrogens with one attached hydrogen (secondary N) is 1. The topological polar surface area (TPSA) is 69.6 Å². The molecule has 5 heteroatoms. The molecule has 1 fully saturated rings. The third-order valence-corrected chi connectivity index (χ3v) is 2.69. The number of hydrogen-bond acceptors (Lipinski definition) is 3. The fourth-order valence-corrected chi connectivity index (χ4v) is 1.94. The van der Waals surface area contributed by atoms with Crippen LogP contribution < -0.4 is 5.32 Å². The Bertz CT molecular complexity index is 296. The van der Waals surface area contributed by atoms with Crippen LogP contribution >= 0.6 is 0 Å². The summed E-state index contributed by atoms with van der Waals surface area (Å²) in [5, 5.41) is 11.8. The fraction of sp³-hybridized carbons (Fsp3) is 0.818. The van der Waals surface area contributed by atoms with E-state index in [2.05, 4.69) is 5.32 Å². The van der Waals surface area contributed by atoms with E-state index in [0.29, 0.717) is 6.54 Å². The monoisotopic (exact) mass is 228 g/mol. The zero-order valence-corrected chi connectivity index (χ0v) is 10.3. The molecular weight excluding hydrogens is 208 g/mol. The summed E-state index contributed by atoms with van der Waals surface area (Å²) >= 11 is 0. The highest BCUT2D eigenvalue weighted by molar-refractivity contribution is 5.87. The second-order valence-electron chi connectivity index (χ2n) is 5.34. The summed E-state index contributed by atoms with van der Waals surface area (Å²) < 4.78 is 0. The van der Waals surface area contributed by atoms with E-state index in [0.717, 1.165) is 0 Å². The molecule has 0 aromatic rings. The summed E-state index contributed by atoms with van der Waals surface area (Å²) in [7, 11) is 0. The number of rotatable bonds is 2. The molecule has 1 aliphatic heterocycles. The number of piperazine rings is 1. The first-order valence-corrected chi connectivity index (χ1v) is 5.51. The molecule has 1 amide bonds. The van der Waals surface area contributed by atoms with Crippen molar-refractivity contribution in [1.82, 2.24) is 10.2 Å². The van der Waals surface area contributed by atoms with Crippen LogP contribution in [0.15, 0.2) is 0 Å². The molecule has 0 aliphatic carbocycles. The number of carboxylic acid groups (broad SMARTS) is 1. The van der Waals surface area contributed by atoms with Crippen LogP contribution in [0.3, 0.4) is 0 Å². The summed E-state index contributed by atoms with van der Waals surface area (Å²) in [6.07, 6.45) is -0.157. The molecule has 0 aromatic heterocycles. The lowest BCUT2D eigenvalue weighted by Gasteiger charge is -2.44. The zero-order valence-electron chi connectivity index (χ0n) is 10.3. The predicted octanol–water partition coefficient (Wildman–Crippen LogP) is 0.449. The first-order chi connectivity index (χ1) is 7.21. The molecule has 1 heterocycles. The van der Waals surface area contributed by atoms with E-state index in [4.69, 9.17) is 5.11 Å². The normalized spacial score (nSPS) is 27.0. The van der Waals surface area contributed by atoms with Gasteiger partial charge in [0.2, 0.25) is 5.91 Å². The number of carbonyl (C=O) groups excluding carboxylic acids is 1. The highest BCUT2D eigenvalue weighted by atomic mass is 16.4. The summed E-state index contributed by atoms with van der Waals surface area (Å²) in [5.74, 6) is -1.07. The van der Waals surface area contributed by atoms with Crippen molar-refractivity contribution in [1.29, 1.82) is 0 Å². The lowest BCUT2D eigenvalue weighted by Crippen LogP contribution is -2.64. The van der Waals surface area contributed by atoms with Gasteiger partial charge >= 0.3 is 5.97 Å². The molecular formula is C11H20N2O3. The lowest BCUT2D eigenvalue weighted by atomic mass is 9.98. The van der Waals surface area contributed by atoms with Crippen molar-refractivity contribution < 1.29 is 14.7 Å². The van der Waals surface area contributed by atoms with Gasteiger partial charge in [0.15, 0.2) is 0 Å². The van der Waals surface area contributed by atoms with Gasteiger partial charge in [-0.15, -0.1) is 0 Å². The van der Waals surface area contributed by atoms with E-state index in [-0.39, 0.29) is 23.9 Å². The van der Waals surface area contributed by atoms with Crippen LogP contribution in [0.25, 0.3) is 0 Å². The van der Waals surface area contributed by atoms with Crippen LogP contribution in [0, 0.1) is 0 Å². The van der Waals surface area contributed by atoms with Crippen molar-refractivity contribution in [3.8, 4) is 0 Å². The molecule has 5 nitrogen and oxygen atoms in total. The highest BCUT2D eigenvalue weighted by Gasteiger charge is 2.38. The van der Waals surface area contributed by atoms with Crippen LogP contribution in [0.2, 0.25) is 0 Å². The Morgan fingerprint density at radius 1 is 1.56 bits per heavy atom. The minimum atomic E-state index is -0.950. The number of carbonyl (C=O) groups is 2. The summed E-state index contributed by atoms with van der Waals surface area (Å²) in [5.41, 5.74) is -0.260. The van der Waals surface area contributed by atoms with Crippen LogP contribution in [0.1, 0.15) is 34.1 Å². The molecule has 0 radical (unpaired) electrons.